The van der Waals surface area contributed by atoms with Crippen molar-refractivity contribution >= 4 is 17.4 Å². The summed E-state index contributed by atoms with van der Waals surface area (Å²) < 4.78 is 38.5. The molecule has 2 aromatic rings. The second-order valence-electron chi connectivity index (χ2n) is 6.55. The lowest BCUT2D eigenvalue weighted by Crippen LogP contribution is -2.39. The molecule has 1 unspecified atom stereocenters. The molecule has 2 heterocycles. The van der Waals surface area contributed by atoms with E-state index in [0.717, 1.165) is 37.9 Å². The summed E-state index contributed by atoms with van der Waals surface area (Å²) in [7, 11) is 0. The molecule has 0 spiro atoms. The molecule has 1 aliphatic heterocycles. The highest BCUT2D eigenvalue weighted by Gasteiger charge is 2.30. The molecule has 0 bridgehead atoms. The van der Waals surface area contributed by atoms with Crippen molar-refractivity contribution in [2.24, 2.45) is 0 Å². The van der Waals surface area contributed by atoms with E-state index in [4.69, 9.17) is 0 Å². The lowest BCUT2D eigenvalue weighted by atomic mass is 10.00. The van der Waals surface area contributed by atoms with Crippen LogP contribution in [0.25, 0.3) is 0 Å². The Hall–Kier alpha value is -2.64. The van der Waals surface area contributed by atoms with Gasteiger partial charge >= 0.3 is 6.18 Å². The number of amides is 1. The van der Waals surface area contributed by atoms with E-state index >= 15 is 0 Å². The second-order valence-corrected chi connectivity index (χ2v) is 6.55. The lowest BCUT2D eigenvalue weighted by molar-refractivity contribution is -0.137. The third kappa shape index (κ3) is 4.56. The van der Waals surface area contributed by atoms with Crippen LogP contribution in [0.1, 0.15) is 48.7 Å². The Labute approximate surface area is 155 Å². The van der Waals surface area contributed by atoms with E-state index in [0.29, 0.717) is 11.9 Å². The van der Waals surface area contributed by atoms with Crippen LogP contribution < -0.4 is 10.2 Å². The molecular formula is C19H21F3N4O. The minimum absolute atomic E-state index is 0.0689. The molecule has 1 amide bonds. The number of rotatable bonds is 4. The summed E-state index contributed by atoms with van der Waals surface area (Å²) in [5, 5.41) is 2.48. The highest BCUT2D eigenvalue weighted by atomic mass is 19.4. The molecular weight excluding hydrogens is 357 g/mol. The summed E-state index contributed by atoms with van der Waals surface area (Å²) in [6.07, 6.45) is 1.14. The highest BCUT2D eigenvalue weighted by Crippen LogP contribution is 2.31. The number of carbonyl (C=O) groups excluding carboxylic acids is 1. The van der Waals surface area contributed by atoms with Crippen molar-refractivity contribution in [3.8, 4) is 0 Å². The molecule has 0 radical (unpaired) electrons. The number of carbonyl (C=O) groups is 1. The maximum atomic E-state index is 12.8. The smallest absolute Gasteiger partial charge is 0.354 e. The van der Waals surface area contributed by atoms with Crippen LogP contribution in [0.4, 0.5) is 24.7 Å². The Balaban J connectivity index is 1.78. The Bertz CT molecular complexity index is 810. The van der Waals surface area contributed by atoms with Gasteiger partial charge in [0.1, 0.15) is 17.8 Å². The normalized spacial score (nSPS) is 17.6. The number of hydrogen-bond acceptors (Lipinski definition) is 4. The first-order chi connectivity index (χ1) is 12.9. The van der Waals surface area contributed by atoms with Crippen LogP contribution in [0.3, 0.4) is 0 Å². The van der Waals surface area contributed by atoms with Gasteiger partial charge in [0.15, 0.2) is 0 Å². The molecule has 3 rings (SSSR count). The SMILES string of the molecule is CCC1CCCCN1c1cc(C(=O)Nc2cccc(C(F)(F)F)c2)ncn1. The minimum Gasteiger partial charge on any atom is -0.354 e. The maximum Gasteiger partial charge on any atom is 0.416 e. The highest BCUT2D eigenvalue weighted by molar-refractivity contribution is 6.03. The Morgan fingerprint density at radius 2 is 2.07 bits per heavy atom. The third-order valence-electron chi connectivity index (χ3n) is 4.73. The molecule has 1 saturated heterocycles. The molecule has 1 fully saturated rings. The van der Waals surface area contributed by atoms with Crippen molar-refractivity contribution in [2.45, 2.75) is 44.8 Å². The van der Waals surface area contributed by atoms with E-state index in [9.17, 15) is 18.0 Å². The molecule has 0 saturated carbocycles. The number of aromatic nitrogens is 2. The van der Waals surface area contributed by atoms with Crippen molar-refractivity contribution < 1.29 is 18.0 Å². The zero-order valence-electron chi connectivity index (χ0n) is 15.0. The average Bonchev–Trinajstić information content (AvgIpc) is 2.67. The predicted molar refractivity (Wildman–Crippen MR) is 96.7 cm³/mol. The molecule has 1 aliphatic rings. The molecule has 8 heteroatoms. The lowest BCUT2D eigenvalue weighted by Gasteiger charge is -2.36. The molecule has 5 nitrogen and oxygen atoms in total. The zero-order chi connectivity index (χ0) is 19.4. The van der Waals surface area contributed by atoms with E-state index in [1.807, 2.05) is 0 Å². The quantitative estimate of drug-likeness (QED) is 0.850. The van der Waals surface area contributed by atoms with Crippen LogP contribution in [0.2, 0.25) is 0 Å². The summed E-state index contributed by atoms with van der Waals surface area (Å²) in [4.78, 5) is 22.9. The largest absolute Gasteiger partial charge is 0.416 e. The fraction of sp³-hybridized carbons (Fsp3) is 0.421. The molecule has 1 aromatic carbocycles. The summed E-state index contributed by atoms with van der Waals surface area (Å²) in [6.45, 7) is 2.98. The van der Waals surface area contributed by atoms with Gasteiger partial charge in [-0.1, -0.05) is 13.0 Å². The zero-order valence-corrected chi connectivity index (χ0v) is 15.0. The Morgan fingerprint density at radius 1 is 1.26 bits per heavy atom. The first-order valence-electron chi connectivity index (χ1n) is 8.96. The third-order valence-corrected chi connectivity index (χ3v) is 4.73. The number of alkyl halides is 3. The van der Waals surface area contributed by atoms with Gasteiger partial charge < -0.3 is 10.2 Å². The van der Waals surface area contributed by atoms with Gasteiger partial charge in [-0.05, 0) is 43.9 Å². The van der Waals surface area contributed by atoms with Crippen LogP contribution in [0, 0.1) is 0 Å². The summed E-state index contributed by atoms with van der Waals surface area (Å²) in [6, 6.07) is 6.48. The molecule has 1 N–H and O–H groups in total. The molecule has 27 heavy (non-hydrogen) atoms. The standard InChI is InChI=1S/C19H21F3N4O/c1-2-15-8-3-4-9-26(15)17-11-16(23-12-24-17)18(27)25-14-7-5-6-13(10-14)19(20,21)22/h5-7,10-12,15H,2-4,8-9H2,1H3,(H,25,27). The summed E-state index contributed by atoms with van der Waals surface area (Å²) in [5.41, 5.74) is -0.625. The predicted octanol–water partition coefficient (Wildman–Crippen LogP) is 4.52. The maximum absolute atomic E-state index is 12.8. The molecule has 144 valence electrons. The summed E-state index contributed by atoms with van der Waals surface area (Å²) >= 11 is 0. The number of benzene rings is 1. The van der Waals surface area contributed by atoms with Crippen molar-refractivity contribution in [1.29, 1.82) is 0 Å². The van der Waals surface area contributed by atoms with E-state index in [-0.39, 0.29) is 11.4 Å². The fourth-order valence-electron chi connectivity index (χ4n) is 3.32. The van der Waals surface area contributed by atoms with E-state index in [1.165, 1.54) is 24.9 Å². The first-order valence-corrected chi connectivity index (χ1v) is 8.96. The van der Waals surface area contributed by atoms with Gasteiger partial charge in [0.2, 0.25) is 0 Å². The van der Waals surface area contributed by atoms with Crippen LogP contribution in [0.15, 0.2) is 36.7 Å². The van der Waals surface area contributed by atoms with Gasteiger partial charge in [0.25, 0.3) is 5.91 Å². The van der Waals surface area contributed by atoms with Gasteiger partial charge in [0.05, 0.1) is 5.56 Å². The van der Waals surface area contributed by atoms with E-state index < -0.39 is 17.6 Å². The van der Waals surface area contributed by atoms with Gasteiger partial charge in [-0.25, -0.2) is 9.97 Å². The van der Waals surface area contributed by atoms with Crippen molar-refractivity contribution in [2.75, 3.05) is 16.8 Å². The van der Waals surface area contributed by atoms with Gasteiger partial charge in [0, 0.05) is 24.3 Å². The average molecular weight is 378 g/mol. The van der Waals surface area contributed by atoms with Crippen molar-refractivity contribution in [3.05, 3.63) is 47.9 Å². The van der Waals surface area contributed by atoms with E-state index in [2.05, 4.69) is 27.1 Å². The molecule has 1 atom stereocenters. The molecule has 1 aromatic heterocycles. The van der Waals surface area contributed by atoms with E-state index in [1.54, 1.807) is 6.07 Å². The molecule has 0 aliphatic carbocycles. The number of hydrogen-bond donors (Lipinski definition) is 1. The Morgan fingerprint density at radius 3 is 2.81 bits per heavy atom. The monoisotopic (exact) mass is 378 g/mol. The van der Waals surface area contributed by atoms with Crippen molar-refractivity contribution in [1.82, 2.24) is 9.97 Å². The second kappa shape index (κ2) is 7.94. The fourth-order valence-corrected chi connectivity index (χ4v) is 3.32. The van der Waals surface area contributed by atoms with Crippen LogP contribution in [-0.4, -0.2) is 28.5 Å². The number of nitrogens with zero attached hydrogens (tertiary/aromatic N) is 3. The van der Waals surface area contributed by atoms with Gasteiger partial charge in [-0.2, -0.15) is 13.2 Å². The van der Waals surface area contributed by atoms with Crippen molar-refractivity contribution in [3.63, 3.8) is 0 Å². The minimum atomic E-state index is -4.47. The summed E-state index contributed by atoms with van der Waals surface area (Å²) in [5.74, 6) is 0.105. The number of piperidine rings is 1. The van der Waals surface area contributed by atoms with Crippen LogP contribution in [0.5, 0.6) is 0 Å². The van der Waals surface area contributed by atoms with Crippen LogP contribution >= 0.6 is 0 Å². The number of nitrogens with one attached hydrogen (secondary N) is 1. The number of halogens is 3. The Kier molecular flexibility index (Phi) is 5.62. The van der Waals surface area contributed by atoms with Gasteiger partial charge in [-0.3, -0.25) is 4.79 Å². The topological polar surface area (TPSA) is 58.1 Å². The van der Waals surface area contributed by atoms with Gasteiger partial charge in [-0.15, -0.1) is 0 Å². The van der Waals surface area contributed by atoms with Crippen LogP contribution in [-0.2, 0) is 6.18 Å². The first kappa shape index (κ1) is 19.1. The number of anilines is 2.